The van der Waals surface area contributed by atoms with Crippen LogP contribution in [0.25, 0.3) is 10.9 Å². The average Bonchev–Trinajstić information content (AvgIpc) is 2.83. The van der Waals surface area contributed by atoms with E-state index in [1.807, 2.05) is 30.3 Å². The number of fused-ring (bicyclic) bond motifs is 1. The monoisotopic (exact) mass is 312 g/mol. The zero-order chi connectivity index (χ0) is 16.1. The maximum Gasteiger partial charge on any atom is 0.231 e. The van der Waals surface area contributed by atoms with Gasteiger partial charge >= 0.3 is 0 Å². The lowest BCUT2D eigenvalue weighted by Gasteiger charge is -2.16. The van der Waals surface area contributed by atoms with Crippen LogP contribution in [0.1, 0.15) is 56.2 Å². The molecule has 3 rings (SSSR count). The van der Waals surface area contributed by atoms with Crippen LogP contribution in [-0.4, -0.2) is 22.4 Å². The third-order valence-electron chi connectivity index (χ3n) is 4.65. The quantitative estimate of drug-likeness (QED) is 0.870. The molecule has 0 radical (unpaired) electrons. The van der Waals surface area contributed by atoms with Gasteiger partial charge in [0.2, 0.25) is 11.8 Å². The number of nitrogens with zero attached hydrogens (tertiary/aromatic N) is 1. The summed E-state index contributed by atoms with van der Waals surface area (Å²) in [5.74, 6) is -0.0241. The van der Waals surface area contributed by atoms with Gasteiger partial charge in [-0.15, -0.1) is 0 Å². The van der Waals surface area contributed by atoms with Crippen LogP contribution in [0, 0.1) is 0 Å². The highest BCUT2D eigenvalue weighted by Crippen LogP contribution is 2.18. The highest BCUT2D eigenvalue weighted by molar-refractivity contribution is 5.93. The number of carbonyl (C=O) groups excluding carboxylic acids is 2. The molecule has 1 aliphatic carbocycles. The number of amides is 1. The summed E-state index contributed by atoms with van der Waals surface area (Å²) in [6.45, 7) is 0. The van der Waals surface area contributed by atoms with Crippen LogP contribution in [0.5, 0.6) is 0 Å². The SMILES string of the molecule is O=C(CCC(=O)n1ccc2ccccc21)NC1CCCCCC1. The zero-order valence-corrected chi connectivity index (χ0v) is 13.5. The van der Waals surface area contributed by atoms with E-state index in [0.29, 0.717) is 6.04 Å². The fourth-order valence-corrected chi connectivity index (χ4v) is 3.36. The third kappa shape index (κ3) is 4.01. The van der Waals surface area contributed by atoms with Crippen LogP contribution < -0.4 is 5.32 Å². The molecule has 122 valence electrons. The second-order valence-electron chi connectivity index (χ2n) is 6.39. The van der Waals surface area contributed by atoms with E-state index in [0.717, 1.165) is 23.7 Å². The highest BCUT2D eigenvalue weighted by atomic mass is 16.2. The van der Waals surface area contributed by atoms with Crippen molar-refractivity contribution in [2.75, 3.05) is 0 Å². The Bertz CT molecular complexity index is 681. The van der Waals surface area contributed by atoms with Gasteiger partial charge < -0.3 is 5.32 Å². The summed E-state index contributed by atoms with van der Waals surface area (Å²) in [6, 6.07) is 10.0. The van der Waals surface area contributed by atoms with E-state index < -0.39 is 0 Å². The maximum absolute atomic E-state index is 12.4. The molecule has 2 aromatic rings. The van der Waals surface area contributed by atoms with Crippen molar-refractivity contribution in [3.63, 3.8) is 0 Å². The van der Waals surface area contributed by atoms with E-state index in [1.54, 1.807) is 10.8 Å². The first-order chi connectivity index (χ1) is 11.2. The molecule has 1 aromatic carbocycles. The lowest BCUT2D eigenvalue weighted by Crippen LogP contribution is -2.34. The summed E-state index contributed by atoms with van der Waals surface area (Å²) in [4.78, 5) is 24.4. The number of benzene rings is 1. The molecular formula is C19H24N2O2. The molecule has 1 heterocycles. The first-order valence-corrected chi connectivity index (χ1v) is 8.63. The number of carbonyl (C=O) groups is 2. The normalized spacial score (nSPS) is 16.2. The Balaban J connectivity index is 1.53. The lowest BCUT2D eigenvalue weighted by molar-refractivity contribution is -0.121. The van der Waals surface area contributed by atoms with E-state index in [1.165, 1.54) is 25.7 Å². The van der Waals surface area contributed by atoms with Crippen molar-refractivity contribution in [1.29, 1.82) is 0 Å². The van der Waals surface area contributed by atoms with Crippen molar-refractivity contribution in [1.82, 2.24) is 9.88 Å². The zero-order valence-electron chi connectivity index (χ0n) is 13.5. The fourth-order valence-electron chi connectivity index (χ4n) is 3.36. The standard InChI is InChI=1S/C19H24N2O2/c22-18(20-16-8-3-1-2-4-9-16)11-12-19(23)21-14-13-15-7-5-6-10-17(15)21/h5-7,10,13-14,16H,1-4,8-9,11-12H2,(H,20,22). The molecule has 0 aliphatic heterocycles. The molecular weight excluding hydrogens is 288 g/mol. The first-order valence-electron chi connectivity index (χ1n) is 8.63. The minimum atomic E-state index is -0.0257. The largest absolute Gasteiger partial charge is 0.353 e. The summed E-state index contributed by atoms with van der Waals surface area (Å²) in [5.41, 5.74) is 0.904. The summed E-state index contributed by atoms with van der Waals surface area (Å²) >= 11 is 0. The minimum absolute atomic E-state index is 0.00158. The van der Waals surface area contributed by atoms with Crippen molar-refractivity contribution in [3.05, 3.63) is 36.5 Å². The van der Waals surface area contributed by atoms with Crippen molar-refractivity contribution >= 4 is 22.7 Å². The van der Waals surface area contributed by atoms with Crippen LogP contribution >= 0.6 is 0 Å². The van der Waals surface area contributed by atoms with Gasteiger partial charge in [-0.2, -0.15) is 0 Å². The van der Waals surface area contributed by atoms with Crippen LogP contribution in [-0.2, 0) is 4.79 Å². The Kier molecular flexibility index (Phi) is 5.11. The average molecular weight is 312 g/mol. The van der Waals surface area contributed by atoms with E-state index in [2.05, 4.69) is 5.32 Å². The highest BCUT2D eigenvalue weighted by Gasteiger charge is 2.16. The second-order valence-corrected chi connectivity index (χ2v) is 6.39. The molecule has 0 bridgehead atoms. The van der Waals surface area contributed by atoms with E-state index in [-0.39, 0.29) is 24.7 Å². The molecule has 0 unspecified atom stereocenters. The molecule has 1 N–H and O–H groups in total. The summed E-state index contributed by atoms with van der Waals surface area (Å²) in [7, 11) is 0. The third-order valence-corrected chi connectivity index (χ3v) is 4.65. The topological polar surface area (TPSA) is 51.1 Å². The number of nitrogens with one attached hydrogen (secondary N) is 1. The van der Waals surface area contributed by atoms with Gasteiger partial charge in [0.1, 0.15) is 0 Å². The predicted molar refractivity (Wildman–Crippen MR) is 91.4 cm³/mol. The summed E-state index contributed by atoms with van der Waals surface area (Å²) in [5, 5.41) is 4.14. The van der Waals surface area contributed by atoms with Crippen molar-refractivity contribution < 1.29 is 9.59 Å². The Morgan fingerprint density at radius 2 is 1.74 bits per heavy atom. The van der Waals surface area contributed by atoms with Gasteiger partial charge in [-0.25, -0.2) is 0 Å². The Morgan fingerprint density at radius 1 is 1.00 bits per heavy atom. The van der Waals surface area contributed by atoms with E-state index in [9.17, 15) is 9.59 Å². The van der Waals surface area contributed by atoms with Crippen molar-refractivity contribution in [2.24, 2.45) is 0 Å². The molecule has 4 heteroatoms. The fraction of sp³-hybridized carbons (Fsp3) is 0.474. The van der Waals surface area contributed by atoms with Gasteiger partial charge in [0.25, 0.3) is 0 Å². The molecule has 23 heavy (non-hydrogen) atoms. The summed E-state index contributed by atoms with van der Waals surface area (Å²) < 4.78 is 1.65. The predicted octanol–water partition coefficient (Wildman–Crippen LogP) is 3.90. The maximum atomic E-state index is 12.4. The summed E-state index contributed by atoms with van der Waals surface area (Å²) in [6.07, 6.45) is 9.37. The first kappa shape index (κ1) is 15.8. The molecule has 4 nitrogen and oxygen atoms in total. The number of aromatic nitrogens is 1. The van der Waals surface area contributed by atoms with Gasteiger partial charge in [-0.05, 0) is 25.0 Å². The Labute approximate surface area is 136 Å². The smallest absolute Gasteiger partial charge is 0.231 e. The molecule has 1 aromatic heterocycles. The molecule has 1 aliphatic rings. The minimum Gasteiger partial charge on any atom is -0.353 e. The van der Waals surface area contributed by atoms with Crippen LogP contribution in [0.2, 0.25) is 0 Å². The van der Waals surface area contributed by atoms with Gasteiger partial charge in [0.15, 0.2) is 0 Å². The Morgan fingerprint density at radius 3 is 2.52 bits per heavy atom. The van der Waals surface area contributed by atoms with Crippen LogP contribution in [0.15, 0.2) is 36.5 Å². The van der Waals surface area contributed by atoms with Crippen LogP contribution in [0.3, 0.4) is 0 Å². The second kappa shape index (κ2) is 7.44. The molecule has 1 fully saturated rings. The van der Waals surface area contributed by atoms with Crippen LogP contribution in [0.4, 0.5) is 0 Å². The number of rotatable bonds is 4. The van der Waals surface area contributed by atoms with E-state index in [4.69, 9.17) is 0 Å². The molecule has 0 saturated heterocycles. The van der Waals surface area contributed by atoms with Gasteiger partial charge in [-0.3, -0.25) is 14.2 Å². The molecule has 0 spiro atoms. The van der Waals surface area contributed by atoms with Gasteiger partial charge in [0.05, 0.1) is 5.52 Å². The number of hydrogen-bond acceptors (Lipinski definition) is 2. The van der Waals surface area contributed by atoms with Crippen molar-refractivity contribution in [3.8, 4) is 0 Å². The van der Waals surface area contributed by atoms with Gasteiger partial charge in [-0.1, -0.05) is 43.9 Å². The molecule has 0 atom stereocenters. The van der Waals surface area contributed by atoms with E-state index >= 15 is 0 Å². The molecule has 1 saturated carbocycles. The van der Waals surface area contributed by atoms with Gasteiger partial charge in [0, 0.05) is 30.5 Å². The lowest BCUT2D eigenvalue weighted by atomic mass is 10.1. The Hall–Kier alpha value is -2.10. The molecule has 1 amide bonds. The van der Waals surface area contributed by atoms with Crippen molar-refractivity contribution in [2.45, 2.75) is 57.4 Å². The number of para-hydroxylation sites is 1. The number of hydrogen-bond donors (Lipinski definition) is 1.